The van der Waals surface area contributed by atoms with Crippen molar-refractivity contribution < 1.29 is 14.7 Å². The predicted molar refractivity (Wildman–Crippen MR) is 119 cm³/mol. The second-order valence-corrected chi connectivity index (χ2v) is 7.84. The van der Waals surface area contributed by atoms with Gasteiger partial charge in [0.25, 0.3) is 0 Å². The highest BCUT2D eigenvalue weighted by molar-refractivity contribution is 5.94. The van der Waals surface area contributed by atoms with Crippen LogP contribution in [0.15, 0.2) is 78.9 Å². The average Bonchev–Trinajstić information content (AvgIpc) is 2.76. The Kier molecular flexibility index (Phi) is 6.36. The second kappa shape index (κ2) is 8.95. The Morgan fingerprint density at radius 1 is 0.867 bits per heavy atom. The van der Waals surface area contributed by atoms with Gasteiger partial charge in [0.1, 0.15) is 6.04 Å². The highest BCUT2D eigenvalue weighted by Gasteiger charge is 2.38. The number of carboxylic acid groups (broad SMARTS) is 1. The van der Waals surface area contributed by atoms with E-state index in [2.05, 4.69) is 5.32 Å². The Labute approximate surface area is 177 Å². The Morgan fingerprint density at radius 3 is 1.87 bits per heavy atom. The molecule has 0 radical (unpaired) electrons. The summed E-state index contributed by atoms with van der Waals surface area (Å²) in [5, 5.41) is 12.6. The van der Waals surface area contributed by atoms with E-state index in [1.807, 2.05) is 99.6 Å². The molecule has 0 saturated heterocycles. The van der Waals surface area contributed by atoms with Gasteiger partial charge < -0.3 is 10.4 Å². The number of carbonyl (C=O) groups excluding carboxylic acids is 1. The molecule has 3 rings (SSSR count). The fraction of sp³-hybridized carbons (Fsp3) is 0.231. The molecule has 2 N–H and O–H groups in total. The number of amides is 1. The van der Waals surface area contributed by atoms with Crippen molar-refractivity contribution in [3.63, 3.8) is 0 Å². The van der Waals surface area contributed by atoms with Crippen molar-refractivity contribution in [2.75, 3.05) is 0 Å². The molecule has 3 aromatic carbocycles. The molecule has 0 spiro atoms. The van der Waals surface area contributed by atoms with E-state index in [0.717, 1.165) is 27.8 Å². The number of hydrogen-bond acceptors (Lipinski definition) is 2. The van der Waals surface area contributed by atoms with Gasteiger partial charge in [-0.2, -0.15) is 0 Å². The average molecular weight is 402 g/mol. The largest absolute Gasteiger partial charge is 0.480 e. The molecular formula is C26H27NO3. The smallest absolute Gasteiger partial charge is 0.326 e. The molecule has 4 nitrogen and oxygen atoms in total. The summed E-state index contributed by atoms with van der Waals surface area (Å²) in [7, 11) is 0. The van der Waals surface area contributed by atoms with Crippen LogP contribution in [-0.2, 0) is 21.4 Å². The molecule has 0 aromatic heterocycles. The lowest BCUT2D eigenvalue weighted by molar-refractivity contribution is -0.142. The van der Waals surface area contributed by atoms with Crippen molar-refractivity contribution in [3.05, 3.63) is 107 Å². The summed E-state index contributed by atoms with van der Waals surface area (Å²) in [6.07, 6.45) is 0.224. The molecule has 0 aliphatic carbocycles. The molecule has 4 heteroatoms. The van der Waals surface area contributed by atoms with Crippen LogP contribution in [0, 0.1) is 13.8 Å². The van der Waals surface area contributed by atoms with E-state index in [4.69, 9.17) is 0 Å². The fourth-order valence-electron chi connectivity index (χ4n) is 3.64. The summed E-state index contributed by atoms with van der Waals surface area (Å²) < 4.78 is 0. The van der Waals surface area contributed by atoms with E-state index < -0.39 is 17.4 Å². The van der Waals surface area contributed by atoms with Crippen molar-refractivity contribution in [1.29, 1.82) is 0 Å². The van der Waals surface area contributed by atoms with E-state index in [0.29, 0.717) is 0 Å². The van der Waals surface area contributed by atoms with E-state index in [1.54, 1.807) is 0 Å². The molecule has 30 heavy (non-hydrogen) atoms. The monoisotopic (exact) mass is 401 g/mol. The van der Waals surface area contributed by atoms with Gasteiger partial charge in [0, 0.05) is 6.42 Å². The zero-order chi connectivity index (χ0) is 21.7. The van der Waals surface area contributed by atoms with E-state index in [9.17, 15) is 14.7 Å². The standard InChI is InChI=1S/C26H27NO3/c1-18-14-15-20(16-19(18)2)17-23(24(28)29)27-25(30)26(3,21-10-6-4-7-11-21)22-12-8-5-9-13-22/h4-16,23H,17H2,1-3H3,(H,27,30)(H,28,29)/t23-/m1/s1. The Bertz CT molecular complexity index is 989. The van der Waals surface area contributed by atoms with Gasteiger partial charge in [-0.1, -0.05) is 78.9 Å². The van der Waals surface area contributed by atoms with Gasteiger partial charge in [-0.3, -0.25) is 4.79 Å². The Morgan fingerprint density at radius 2 is 1.40 bits per heavy atom. The summed E-state index contributed by atoms with van der Waals surface area (Å²) in [5.74, 6) is -1.39. The molecule has 0 unspecified atom stereocenters. The van der Waals surface area contributed by atoms with Gasteiger partial charge in [0.05, 0.1) is 5.41 Å². The first-order chi connectivity index (χ1) is 14.3. The number of rotatable bonds is 7. The van der Waals surface area contributed by atoms with E-state index in [1.165, 1.54) is 0 Å². The van der Waals surface area contributed by atoms with Crippen molar-refractivity contribution >= 4 is 11.9 Å². The summed E-state index contributed by atoms with van der Waals surface area (Å²) in [4.78, 5) is 25.5. The highest BCUT2D eigenvalue weighted by atomic mass is 16.4. The van der Waals surface area contributed by atoms with Crippen LogP contribution < -0.4 is 5.32 Å². The van der Waals surface area contributed by atoms with Crippen LogP contribution >= 0.6 is 0 Å². The zero-order valence-corrected chi connectivity index (χ0v) is 17.6. The summed E-state index contributed by atoms with van der Waals surface area (Å²) in [6, 6.07) is 23.7. The lowest BCUT2D eigenvalue weighted by atomic mass is 9.75. The van der Waals surface area contributed by atoms with Crippen molar-refractivity contribution in [3.8, 4) is 0 Å². The lowest BCUT2D eigenvalue weighted by Crippen LogP contribution is -2.50. The van der Waals surface area contributed by atoms with Crippen molar-refractivity contribution in [2.45, 2.75) is 38.6 Å². The number of aryl methyl sites for hydroxylation is 2. The first-order valence-electron chi connectivity index (χ1n) is 10.0. The minimum Gasteiger partial charge on any atom is -0.480 e. The maximum absolute atomic E-state index is 13.5. The van der Waals surface area contributed by atoms with Gasteiger partial charge in [0.2, 0.25) is 5.91 Å². The van der Waals surface area contributed by atoms with Gasteiger partial charge in [-0.15, -0.1) is 0 Å². The number of nitrogens with one attached hydrogen (secondary N) is 1. The third-order valence-corrected chi connectivity index (χ3v) is 5.77. The lowest BCUT2D eigenvalue weighted by Gasteiger charge is -2.31. The normalized spacial score (nSPS) is 12.2. The van der Waals surface area contributed by atoms with Crippen LogP contribution in [0.1, 0.15) is 34.7 Å². The predicted octanol–water partition coefficient (Wildman–Crippen LogP) is 4.42. The third kappa shape index (κ3) is 4.43. The minimum absolute atomic E-state index is 0.224. The number of hydrogen-bond donors (Lipinski definition) is 2. The molecule has 154 valence electrons. The van der Waals surface area contributed by atoms with Gasteiger partial charge in [-0.25, -0.2) is 4.79 Å². The van der Waals surface area contributed by atoms with Crippen molar-refractivity contribution in [2.24, 2.45) is 0 Å². The topological polar surface area (TPSA) is 66.4 Å². The molecule has 3 aromatic rings. The summed E-state index contributed by atoms with van der Waals surface area (Å²) in [5.41, 5.74) is 3.73. The fourth-order valence-corrected chi connectivity index (χ4v) is 3.64. The SMILES string of the molecule is Cc1ccc(C[C@@H](NC(=O)C(C)(c2ccccc2)c2ccccc2)C(=O)O)cc1C. The molecule has 0 aliphatic heterocycles. The van der Waals surface area contributed by atoms with Gasteiger partial charge in [-0.05, 0) is 48.6 Å². The van der Waals surface area contributed by atoms with Crippen molar-refractivity contribution in [1.82, 2.24) is 5.32 Å². The van der Waals surface area contributed by atoms with Crippen LogP contribution in [0.25, 0.3) is 0 Å². The first kappa shape index (κ1) is 21.3. The summed E-state index contributed by atoms with van der Waals surface area (Å²) >= 11 is 0. The molecular weight excluding hydrogens is 374 g/mol. The number of benzene rings is 3. The maximum Gasteiger partial charge on any atom is 0.326 e. The Hall–Kier alpha value is -3.40. The highest BCUT2D eigenvalue weighted by Crippen LogP contribution is 2.32. The molecule has 0 heterocycles. The molecule has 1 amide bonds. The molecule has 1 atom stereocenters. The number of carboxylic acids is 1. The molecule has 0 saturated carbocycles. The van der Waals surface area contributed by atoms with Crippen LogP contribution in [-0.4, -0.2) is 23.0 Å². The third-order valence-electron chi connectivity index (χ3n) is 5.77. The molecule has 0 fully saturated rings. The number of aliphatic carboxylic acids is 1. The zero-order valence-electron chi connectivity index (χ0n) is 17.6. The quantitative estimate of drug-likeness (QED) is 0.616. The molecule has 0 bridgehead atoms. The van der Waals surface area contributed by atoms with Crippen LogP contribution in [0.4, 0.5) is 0 Å². The molecule has 0 aliphatic rings. The van der Waals surface area contributed by atoms with Gasteiger partial charge >= 0.3 is 5.97 Å². The van der Waals surface area contributed by atoms with Crippen LogP contribution in [0.5, 0.6) is 0 Å². The van der Waals surface area contributed by atoms with E-state index in [-0.39, 0.29) is 12.3 Å². The Balaban J connectivity index is 1.93. The minimum atomic E-state index is -1.05. The van der Waals surface area contributed by atoms with Gasteiger partial charge in [0.15, 0.2) is 0 Å². The summed E-state index contributed by atoms with van der Waals surface area (Å²) in [6.45, 7) is 5.84. The number of carbonyl (C=O) groups is 2. The van der Waals surface area contributed by atoms with Crippen LogP contribution in [0.3, 0.4) is 0 Å². The van der Waals surface area contributed by atoms with E-state index >= 15 is 0 Å². The second-order valence-electron chi connectivity index (χ2n) is 7.84. The first-order valence-corrected chi connectivity index (χ1v) is 10.0. The maximum atomic E-state index is 13.5. The van der Waals surface area contributed by atoms with Crippen LogP contribution in [0.2, 0.25) is 0 Å².